The summed E-state index contributed by atoms with van der Waals surface area (Å²) in [6, 6.07) is 11.4. The van der Waals surface area contributed by atoms with Crippen LogP contribution in [-0.2, 0) is 0 Å². The van der Waals surface area contributed by atoms with Crippen molar-refractivity contribution in [3.05, 3.63) is 53.7 Å². The zero-order chi connectivity index (χ0) is 14.7. The number of rotatable bonds is 4. The SMILES string of the molecule is COc1ccccc1Oc1ccnc(N2CSC=C2C)c1. The Balaban J connectivity index is 1.85. The fraction of sp³-hybridized carbons (Fsp3) is 0.188. The van der Waals surface area contributed by atoms with Crippen molar-refractivity contribution in [1.82, 2.24) is 4.98 Å². The maximum absolute atomic E-state index is 5.92. The zero-order valence-corrected chi connectivity index (χ0v) is 12.8. The number of anilines is 1. The lowest BCUT2D eigenvalue weighted by molar-refractivity contribution is 0.379. The van der Waals surface area contributed by atoms with Gasteiger partial charge in [-0.05, 0) is 30.5 Å². The molecule has 108 valence electrons. The van der Waals surface area contributed by atoms with Crippen molar-refractivity contribution in [3.8, 4) is 17.2 Å². The number of nitrogens with zero attached hydrogens (tertiary/aromatic N) is 2. The van der Waals surface area contributed by atoms with Crippen molar-refractivity contribution in [2.24, 2.45) is 0 Å². The summed E-state index contributed by atoms with van der Waals surface area (Å²) in [6.45, 7) is 2.08. The van der Waals surface area contributed by atoms with Gasteiger partial charge in [0.05, 0.1) is 13.0 Å². The molecule has 1 aliphatic heterocycles. The highest BCUT2D eigenvalue weighted by Crippen LogP contribution is 2.34. The molecule has 1 aromatic heterocycles. The molecule has 0 unspecified atom stereocenters. The molecule has 0 N–H and O–H groups in total. The van der Waals surface area contributed by atoms with Crippen LogP contribution in [0.4, 0.5) is 5.82 Å². The Morgan fingerprint density at radius 2 is 2.00 bits per heavy atom. The third-order valence-corrected chi connectivity index (χ3v) is 4.09. The Bertz CT molecular complexity index is 673. The number of benzene rings is 1. The number of methoxy groups -OCH3 is 1. The first-order valence-corrected chi connectivity index (χ1v) is 7.65. The summed E-state index contributed by atoms with van der Waals surface area (Å²) in [4.78, 5) is 6.57. The van der Waals surface area contributed by atoms with E-state index in [9.17, 15) is 0 Å². The third kappa shape index (κ3) is 2.97. The molecule has 0 saturated heterocycles. The van der Waals surface area contributed by atoms with Crippen LogP contribution in [0.15, 0.2) is 53.7 Å². The standard InChI is InChI=1S/C16H16N2O2S/c1-12-10-21-11-18(12)16-9-13(7-8-17-16)20-15-6-4-3-5-14(15)19-2/h3-10H,11H2,1-2H3. The average molecular weight is 300 g/mol. The van der Waals surface area contributed by atoms with Crippen LogP contribution in [0.2, 0.25) is 0 Å². The van der Waals surface area contributed by atoms with Crippen LogP contribution in [0.5, 0.6) is 17.2 Å². The predicted molar refractivity (Wildman–Crippen MR) is 86.0 cm³/mol. The van der Waals surface area contributed by atoms with E-state index < -0.39 is 0 Å². The Hall–Kier alpha value is -2.14. The molecule has 21 heavy (non-hydrogen) atoms. The molecule has 2 aromatic rings. The molecule has 0 atom stereocenters. The van der Waals surface area contributed by atoms with Crippen LogP contribution in [0.1, 0.15) is 6.92 Å². The van der Waals surface area contributed by atoms with Crippen molar-refractivity contribution >= 4 is 17.6 Å². The van der Waals surface area contributed by atoms with Gasteiger partial charge in [-0.1, -0.05) is 12.1 Å². The van der Waals surface area contributed by atoms with E-state index in [2.05, 4.69) is 22.2 Å². The van der Waals surface area contributed by atoms with E-state index in [0.29, 0.717) is 11.5 Å². The molecule has 4 nitrogen and oxygen atoms in total. The van der Waals surface area contributed by atoms with Gasteiger partial charge in [0, 0.05) is 18.0 Å². The van der Waals surface area contributed by atoms with Crippen LogP contribution >= 0.6 is 11.8 Å². The largest absolute Gasteiger partial charge is 0.493 e. The fourth-order valence-electron chi connectivity index (χ4n) is 2.09. The van der Waals surface area contributed by atoms with Gasteiger partial charge in [0.15, 0.2) is 11.5 Å². The van der Waals surface area contributed by atoms with Gasteiger partial charge >= 0.3 is 0 Å². The number of pyridine rings is 1. The smallest absolute Gasteiger partial charge is 0.169 e. The van der Waals surface area contributed by atoms with E-state index in [1.807, 2.05) is 36.4 Å². The van der Waals surface area contributed by atoms with Gasteiger partial charge in [0.25, 0.3) is 0 Å². The minimum absolute atomic E-state index is 0.695. The van der Waals surface area contributed by atoms with Crippen LogP contribution in [0, 0.1) is 0 Å². The maximum Gasteiger partial charge on any atom is 0.169 e. The van der Waals surface area contributed by atoms with Gasteiger partial charge in [0.2, 0.25) is 0 Å². The average Bonchev–Trinajstić information content (AvgIpc) is 2.94. The molecule has 0 aliphatic carbocycles. The highest BCUT2D eigenvalue weighted by molar-refractivity contribution is 8.02. The lowest BCUT2D eigenvalue weighted by Crippen LogP contribution is -2.16. The van der Waals surface area contributed by atoms with E-state index >= 15 is 0 Å². The highest BCUT2D eigenvalue weighted by atomic mass is 32.2. The molecule has 3 rings (SSSR count). The van der Waals surface area contributed by atoms with E-state index in [0.717, 1.165) is 17.4 Å². The summed E-state index contributed by atoms with van der Waals surface area (Å²) in [7, 11) is 1.63. The first-order chi connectivity index (χ1) is 10.3. The van der Waals surface area contributed by atoms with E-state index in [1.165, 1.54) is 5.70 Å². The van der Waals surface area contributed by atoms with Crippen LogP contribution in [-0.4, -0.2) is 18.0 Å². The van der Waals surface area contributed by atoms with Crippen molar-refractivity contribution in [1.29, 1.82) is 0 Å². The monoisotopic (exact) mass is 300 g/mol. The normalized spacial score (nSPS) is 14.0. The maximum atomic E-state index is 5.92. The summed E-state index contributed by atoms with van der Waals surface area (Å²) >= 11 is 1.76. The number of hydrogen-bond acceptors (Lipinski definition) is 5. The van der Waals surface area contributed by atoms with Crippen molar-refractivity contribution in [3.63, 3.8) is 0 Å². The molecule has 2 heterocycles. The highest BCUT2D eigenvalue weighted by Gasteiger charge is 2.15. The third-order valence-electron chi connectivity index (χ3n) is 3.17. The summed E-state index contributed by atoms with van der Waals surface area (Å²) in [6.07, 6.45) is 1.76. The molecule has 0 fully saturated rings. The summed E-state index contributed by atoms with van der Waals surface area (Å²) in [5, 5.41) is 2.13. The number of aromatic nitrogens is 1. The number of hydrogen-bond donors (Lipinski definition) is 0. The van der Waals surface area contributed by atoms with Gasteiger partial charge in [-0.3, -0.25) is 0 Å². The van der Waals surface area contributed by atoms with Crippen LogP contribution in [0.3, 0.4) is 0 Å². The van der Waals surface area contributed by atoms with Gasteiger partial charge in [-0.25, -0.2) is 4.98 Å². The number of ether oxygens (including phenoxy) is 2. The lowest BCUT2D eigenvalue weighted by Gasteiger charge is -2.18. The Morgan fingerprint density at radius 1 is 1.19 bits per heavy atom. The number of para-hydroxylation sites is 2. The molecule has 0 spiro atoms. The predicted octanol–water partition coefficient (Wildman–Crippen LogP) is 4.25. The van der Waals surface area contributed by atoms with Crippen LogP contribution in [0.25, 0.3) is 0 Å². The Kier molecular flexibility index (Phi) is 4.01. The summed E-state index contributed by atoms with van der Waals surface area (Å²) in [5.41, 5.74) is 1.20. The molecular weight excluding hydrogens is 284 g/mol. The van der Waals surface area contributed by atoms with Crippen molar-refractivity contribution < 1.29 is 9.47 Å². The van der Waals surface area contributed by atoms with E-state index in [1.54, 1.807) is 25.1 Å². The van der Waals surface area contributed by atoms with Gasteiger partial charge < -0.3 is 14.4 Å². The second-order valence-corrected chi connectivity index (χ2v) is 5.41. The van der Waals surface area contributed by atoms with Gasteiger partial charge in [-0.15, -0.1) is 11.8 Å². The van der Waals surface area contributed by atoms with E-state index in [4.69, 9.17) is 9.47 Å². The first kappa shape index (κ1) is 13.8. The van der Waals surface area contributed by atoms with Crippen molar-refractivity contribution in [2.45, 2.75) is 6.92 Å². The summed E-state index contributed by atoms with van der Waals surface area (Å²) < 4.78 is 11.2. The second kappa shape index (κ2) is 6.10. The minimum Gasteiger partial charge on any atom is -0.493 e. The second-order valence-electron chi connectivity index (χ2n) is 4.59. The number of allylic oxidation sites excluding steroid dienone is 1. The minimum atomic E-state index is 0.695. The van der Waals surface area contributed by atoms with Crippen LogP contribution < -0.4 is 14.4 Å². The topological polar surface area (TPSA) is 34.6 Å². The summed E-state index contributed by atoms with van der Waals surface area (Å²) in [5.74, 6) is 3.93. The lowest BCUT2D eigenvalue weighted by atomic mass is 10.3. The first-order valence-electron chi connectivity index (χ1n) is 6.61. The molecule has 0 amide bonds. The molecule has 5 heteroatoms. The molecule has 1 aliphatic rings. The zero-order valence-electron chi connectivity index (χ0n) is 11.9. The molecule has 0 bridgehead atoms. The quantitative estimate of drug-likeness (QED) is 0.843. The molecule has 0 saturated carbocycles. The Labute approximate surface area is 128 Å². The molecular formula is C16H16N2O2S. The van der Waals surface area contributed by atoms with Gasteiger partial charge in [0.1, 0.15) is 11.6 Å². The van der Waals surface area contributed by atoms with E-state index in [-0.39, 0.29) is 0 Å². The molecule has 1 aromatic carbocycles. The van der Waals surface area contributed by atoms with Gasteiger partial charge in [-0.2, -0.15) is 0 Å². The fourth-order valence-corrected chi connectivity index (χ4v) is 3.01. The molecule has 0 radical (unpaired) electrons. The Morgan fingerprint density at radius 3 is 2.71 bits per heavy atom. The number of thioether (sulfide) groups is 1. The van der Waals surface area contributed by atoms with Crippen molar-refractivity contribution in [2.75, 3.05) is 17.9 Å².